The van der Waals surface area contributed by atoms with Gasteiger partial charge in [0.15, 0.2) is 0 Å². The van der Waals surface area contributed by atoms with Gasteiger partial charge in [0, 0.05) is 5.56 Å². The lowest BCUT2D eigenvalue weighted by molar-refractivity contribution is -0.140. The Hall–Kier alpha value is -3.48. The molecule has 1 saturated heterocycles. The molecule has 31 heavy (non-hydrogen) atoms. The van der Waals surface area contributed by atoms with Crippen molar-refractivity contribution >= 4 is 24.0 Å². The summed E-state index contributed by atoms with van der Waals surface area (Å²) in [5.41, 5.74) is 1.13. The van der Waals surface area contributed by atoms with Crippen LogP contribution in [0.4, 0.5) is 0 Å². The summed E-state index contributed by atoms with van der Waals surface area (Å²) in [6.45, 7) is 0. The zero-order valence-electron chi connectivity index (χ0n) is 16.8. The number of carbonyl (C=O) groups excluding carboxylic acids is 3. The van der Waals surface area contributed by atoms with Crippen molar-refractivity contribution in [3.63, 3.8) is 0 Å². The molecule has 1 aromatic heterocycles. The largest absolute Gasteiger partial charge is 0.465 e. The van der Waals surface area contributed by atoms with Crippen LogP contribution in [0.1, 0.15) is 22.5 Å². The maximum atomic E-state index is 13.0. The summed E-state index contributed by atoms with van der Waals surface area (Å²) < 4.78 is 10.6. The molecular formula is C24H20N2O5. The number of hydrogen-bond acceptors (Lipinski definition) is 6. The predicted molar refractivity (Wildman–Crippen MR) is 110 cm³/mol. The fraction of sp³-hybridized carbons (Fsp3) is 0.333. The molecule has 1 aromatic carbocycles. The van der Waals surface area contributed by atoms with Crippen LogP contribution in [0.15, 0.2) is 58.1 Å². The van der Waals surface area contributed by atoms with Gasteiger partial charge in [0.25, 0.3) is 11.8 Å². The van der Waals surface area contributed by atoms with Gasteiger partial charge in [-0.2, -0.15) is 10.1 Å². The van der Waals surface area contributed by atoms with Gasteiger partial charge in [-0.25, -0.2) is 4.79 Å². The molecule has 4 aliphatic carbocycles. The summed E-state index contributed by atoms with van der Waals surface area (Å²) in [5.74, 6) is 1.07. The molecule has 5 aliphatic rings. The second kappa shape index (κ2) is 6.51. The van der Waals surface area contributed by atoms with Gasteiger partial charge in [-0.15, -0.1) is 0 Å². The Bertz CT molecular complexity index is 1140. The number of amides is 2. The van der Waals surface area contributed by atoms with Gasteiger partial charge in [0.05, 0.1) is 30.7 Å². The Kier molecular flexibility index (Phi) is 3.84. The van der Waals surface area contributed by atoms with Crippen LogP contribution in [0.2, 0.25) is 0 Å². The summed E-state index contributed by atoms with van der Waals surface area (Å²) >= 11 is 0. The molecular weight excluding hydrogens is 396 g/mol. The minimum absolute atomic E-state index is 0.175. The van der Waals surface area contributed by atoms with E-state index in [1.165, 1.54) is 13.3 Å². The minimum Gasteiger partial charge on any atom is -0.465 e. The normalized spacial score (nSPS) is 32.5. The molecule has 7 rings (SSSR count). The average Bonchev–Trinajstić information content (AvgIpc) is 3.44. The third-order valence-electron chi connectivity index (χ3n) is 7.13. The smallest absolute Gasteiger partial charge is 0.337 e. The maximum absolute atomic E-state index is 13.0. The second-order valence-corrected chi connectivity index (χ2v) is 8.66. The van der Waals surface area contributed by atoms with Gasteiger partial charge in [-0.3, -0.25) is 9.59 Å². The summed E-state index contributed by atoms with van der Waals surface area (Å²) in [5, 5.41) is 5.23. The number of ether oxygens (including phenoxy) is 1. The van der Waals surface area contributed by atoms with Crippen molar-refractivity contribution in [3.8, 4) is 11.3 Å². The van der Waals surface area contributed by atoms with E-state index in [-0.39, 0.29) is 35.5 Å². The number of hydrazone groups is 1. The highest BCUT2D eigenvalue weighted by Crippen LogP contribution is 2.65. The van der Waals surface area contributed by atoms with Crippen LogP contribution in [-0.2, 0) is 14.3 Å². The number of imide groups is 1. The molecule has 0 spiro atoms. The van der Waals surface area contributed by atoms with Gasteiger partial charge in [0.2, 0.25) is 0 Å². The van der Waals surface area contributed by atoms with E-state index in [1.54, 1.807) is 30.3 Å². The Morgan fingerprint density at radius 2 is 1.81 bits per heavy atom. The number of hydrogen-bond donors (Lipinski definition) is 0. The van der Waals surface area contributed by atoms with E-state index < -0.39 is 5.97 Å². The number of nitrogens with zero attached hydrogens (tertiary/aromatic N) is 2. The van der Waals surface area contributed by atoms with E-state index in [4.69, 9.17) is 9.15 Å². The summed E-state index contributed by atoms with van der Waals surface area (Å²) in [7, 11) is 1.33. The second-order valence-electron chi connectivity index (χ2n) is 8.66. The van der Waals surface area contributed by atoms with E-state index in [0.29, 0.717) is 34.5 Å². The molecule has 0 radical (unpaired) electrons. The lowest BCUT2D eigenvalue weighted by atomic mass is 9.63. The van der Waals surface area contributed by atoms with Crippen LogP contribution in [0.5, 0.6) is 0 Å². The molecule has 2 saturated carbocycles. The van der Waals surface area contributed by atoms with E-state index in [9.17, 15) is 14.4 Å². The Balaban J connectivity index is 1.22. The van der Waals surface area contributed by atoms with Gasteiger partial charge in [-0.05, 0) is 54.4 Å². The summed E-state index contributed by atoms with van der Waals surface area (Å²) in [4.78, 5) is 37.7. The monoisotopic (exact) mass is 416 g/mol. The number of carbonyl (C=O) groups is 3. The Morgan fingerprint density at radius 1 is 1.10 bits per heavy atom. The molecule has 7 heteroatoms. The SMILES string of the molecule is COC(=O)c1cccc(-c2ccc(/C=N\N3C(=O)[C@@H]4[C@H]5C=C[C@@H]([C@@H]6C[C@@H]56)[C@H]4C3=O)o2)c1. The standard InChI is InChI=1S/C24H20N2O5/c1-30-24(29)13-4-2-3-12(9-13)19-8-5-14(31-19)11-25-26-22(27)20-15-6-7-16(18-10-17(15)18)21(20)23(26)28/h2-9,11,15-18,20-21H,10H2,1H3/b25-11-/t15-,16-,17-,18-,20+,21+/m0/s1. The maximum Gasteiger partial charge on any atom is 0.337 e. The van der Waals surface area contributed by atoms with Crippen molar-refractivity contribution in [2.75, 3.05) is 7.11 Å². The number of benzene rings is 1. The first-order valence-electron chi connectivity index (χ1n) is 10.5. The first kappa shape index (κ1) is 18.3. The number of rotatable bonds is 4. The Morgan fingerprint density at radius 3 is 2.48 bits per heavy atom. The van der Waals surface area contributed by atoms with Crippen molar-refractivity contribution in [2.24, 2.45) is 40.6 Å². The average molecular weight is 416 g/mol. The minimum atomic E-state index is -0.427. The van der Waals surface area contributed by atoms with Gasteiger partial charge in [-0.1, -0.05) is 24.3 Å². The van der Waals surface area contributed by atoms with Crippen molar-refractivity contribution in [1.82, 2.24) is 5.01 Å². The molecule has 2 bridgehead atoms. The molecule has 2 aromatic rings. The molecule has 6 atom stereocenters. The van der Waals surface area contributed by atoms with Gasteiger partial charge in [0.1, 0.15) is 11.5 Å². The van der Waals surface area contributed by atoms with Crippen molar-refractivity contribution in [1.29, 1.82) is 0 Å². The Labute approximate surface area is 178 Å². The fourth-order valence-electron chi connectivity index (χ4n) is 5.66. The number of allylic oxidation sites excluding steroid dienone is 2. The van der Waals surface area contributed by atoms with Crippen LogP contribution in [0.3, 0.4) is 0 Å². The molecule has 2 heterocycles. The molecule has 3 fully saturated rings. The molecule has 2 amide bonds. The number of methoxy groups -OCH3 is 1. The third kappa shape index (κ3) is 2.65. The lowest BCUT2D eigenvalue weighted by Crippen LogP contribution is -2.40. The van der Waals surface area contributed by atoms with Crippen LogP contribution in [0.25, 0.3) is 11.3 Å². The molecule has 7 nitrogen and oxygen atoms in total. The first-order valence-corrected chi connectivity index (χ1v) is 10.5. The van der Waals surface area contributed by atoms with Crippen LogP contribution in [-0.4, -0.2) is 36.1 Å². The first-order chi connectivity index (χ1) is 15.1. The van der Waals surface area contributed by atoms with Gasteiger partial charge >= 0.3 is 5.97 Å². The van der Waals surface area contributed by atoms with E-state index in [0.717, 1.165) is 11.4 Å². The van der Waals surface area contributed by atoms with E-state index in [1.807, 2.05) is 6.07 Å². The lowest BCUT2D eigenvalue weighted by Gasteiger charge is -2.37. The van der Waals surface area contributed by atoms with Crippen LogP contribution < -0.4 is 0 Å². The van der Waals surface area contributed by atoms with Crippen molar-refractivity contribution in [2.45, 2.75) is 6.42 Å². The fourth-order valence-corrected chi connectivity index (χ4v) is 5.66. The van der Waals surface area contributed by atoms with E-state index >= 15 is 0 Å². The highest BCUT2D eigenvalue weighted by atomic mass is 16.5. The number of furan rings is 1. The van der Waals surface area contributed by atoms with Crippen LogP contribution in [0, 0.1) is 35.5 Å². The summed E-state index contributed by atoms with van der Waals surface area (Å²) in [6.07, 6.45) is 6.81. The van der Waals surface area contributed by atoms with Crippen LogP contribution >= 0.6 is 0 Å². The topological polar surface area (TPSA) is 89.2 Å². The predicted octanol–water partition coefficient (Wildman–Crippen LogP) is 3.12. The van der Waals surface area contributed by atoms with E-state index in [2.05, 4.69) is 17.3 Å². The third-order valence-corrected chi connectivity index (χ3v) is 7.13. The highest BCUT2D eigenvalue weighted by Gasteiger charge is 2.67. The van der Waals surface area contributed by atoms with Crippen molar-refractivity contribution < 1.29 is 23.5 Å². The molecule has 156 valence electrons. The zero-order chi connectivity index (χ0) is 21.3. The zero-order valence-corrected chi connectivity index (χ0v) is 16.8. The van der Waals surface area contributed by atoms with Gasteiger partial charge < -0.3 is 9.15 Å². The van der Waals surface area contributed by atoms with Crippen molar-refractivity contribution in [3.05, 3.63) is 59.9 Å². The highest BCUT2D eigenvalue weighted by molar-refractivity contribution is 6.06. The molecule has 1 aliphatic heterocycles. The molecule has 0 N–H and O–H groups in total. The summed E-state index contributed by atoms with van der Waals surface area (Å²) in [6, 6.07) is 10.4. The molecule has 0 unspecified atom stereocenters. The number of esters is 1. The quantitative estimate of drug-likeness (QED) is 0.331.